The highest BCUT2D eigenvalue weighted by molar-refractivity contribution is 7.89. The Morgan fingerprint density at radius 3 is 2.38 bits per heavy atom. The van der Waals surface area contributed by atoms with E-state index in [4.69, 9.17) is 16.3 Å². The molecule has 1 saturated heterocycles. The molecule has 32 heavy (non-hydrogen) atoms. The molecule has 0 atom stereocenters. The van der Waals surface area contributed by atoms with Crippen molar-refractivity contribution >= 4 is 44.6 Å². The average Bonchev–Trinajstić information content (AvgIpc) is 2.79. The van der Waals surface area contributed by atoms with Crippen LogP contribution in [0.1, 0.15) is 13.8 Å². The van der Waals surface area contributed by atoms with Crippen LogP contribution >= 0.6 is 11.6 Å². The number of carbonyl (C=O) groups is 1. The highest BCUT2D eigenvalue weighted by Crippen LogP contribution is 2.29. The van der Waals surface area contributed by atoms with Gasteiger partial charge < -0.3 is 20.3 Å². The Bertz CT molecular complexity index is 1020. The Labute approximate surface area is 194 Å². The van der Waals surface area contributed by atoms with Crippen LogP contribution < -0.4 is 15.5 Å². The van der Waals surface area contributed by atoms with Crippen LogP contribution in [-0.2, 0) is 19.6 Å². The Hall–Kier alpha value is -2.33. The van der Waals surface area contributed by atoms with Gasteiger partial charge in [-0.3, -0.25) is 4.79 Å². The number of nitrogens with zero attached hydrogens (tertiary/aromatic N) is 2. The topological polar surface area (TPSA) is 91.0 Å². The number of rotatable bonds is 9. The van der Waals surface area contributed by atoms with Gasteiger partial charge in [0.1, 0.15) is 0 Å². The van der Waals surface area contributed by atoms with Gasteiger partial charge in [-0.1, -0.05) is 25.4 Å². The number of amides is 1. The first kappa shape index (κ1) is 24.3. The van der Waals surface area contributed by atoms with Gasteiger partial charge in [-0.05, 0) is 42.5 Å². The summed E-state index contributed by atoms with van der Waals surface area (Å²) < 4.78 is 32.0. The minimum absolute atomic E-state index is 0.0389. The fourth-order valence-electron chi connectivity index (χ4n) is 3.53. The fraction of sp³-hybridized carbons (Fsp3) is 0.409. The largest absolute Gasteiger partial charge is 0.378 e. The van der Waals surface area contributed by atoms with Crippen molar-refractivity contribution in [3.8, 4) is 0 Å². The average molecular weight is 481 g/mol. The number of hydrogen-bond acceptors (Lipinski definition) is 6. The lowest BCUT2D eigenvalue weighted by Crippen LogP contribution is -2.36. The zero-order valence-corrected chi connectivity index (χ0v) is 19.9. The molecule has 0 bridgehead atoms. The minimum atomic E-state index is -3.53. The molecule has 2 N–H and O–H groups in total. The van der Waals surface area contributed by atoms with Gasteiger partial charge in [-0.2, -0.15) is 4.31 Å². The van der Waals surface area contributed by atoms with Crippen molar-refractivity contribution in [1.29, 1.82) is 0 Å². The molecule has 1 aliphatic rings. The van der Waals surface area contributed by atoms with Crippen LogP contribution in [0.25, 0.3) is 0 Å². The molecule has 0 spiro atoms. The molecule has 2 aromatic carbocycles. The Kier molecular flexibility index (Phi) is 8.36. The van der Waals surface area contributed by atoms with Gasteiger partial charge in [-0.25, -0.2) is 8.42 Å². The van der Waals surface area contributed by atoms with E-state index < -0.39 is 10.0 Å². The number of carbonyl (C=O) groups excluding carboxylic acids is 1. The van der Waals surface area contributed by atoms with E-state index in [1.54, 1.807) is 32.0 Å². The lowest BCUT2D eigenvalue weighted by atomic mass is 10.2. The van der Waals surface area contributed by atoms with E-state index in [0.717, 1.165) is 24.5 Å². The molecule has 3 rings (SSSR count). The maximum atomic E-state index is 12.6. The van der Waals surface area contributed by atoms with Crippen molar-refractivity contribution in [2.45, 2.75) is 18.7 Å². The van der Waals surface area contributed by atoms with E-state index in [2.05, 4.69) is 15.5 Å². The first-order chi connectivity index (χ1) is 15.3. The molecule has 0 radical (unpaired) electrons. The Morgan fingerprint density at radius 1 is 1.09 bits per heavy atom. The number of nitrogens with one attached hydrogen (secondary N) is 2. The highest BCUT2D eigenvalue weighted by atomic mass is 35.5. The second-order valence-corrected chi connectivity index (χ2v) is 9.65. The monoisotopic (exact) mass is 480 g/mol. The van der Waals surface area contributed by atoms with Gasteiger partial charge in [-0.15, -0.1) is 0 Å². The van der Waals surface area contributed by atoms with Gasteiger partial charge in [0.25, 0.3) is 0 Å². The Morgan fingerprint density at radius 2 is 1.75 bits per heavy atom. The normalized spacial score (nSPS) is 14.4. The zero-order chi connectivity index (χ0) is 23.1. The number of sulfonamides is 1. The van der Waals surface area contributed by atoms with Gasteiger partial charge in [0.05, 0.1) is 36.0 Å². The smallest absolute Gasteiger partial charge is 0.243 e. The summed E-state index contributed by atoms with van der Waals surface area (Å²) in [4.78, 5) is 14.9. The van der Waals surface area contributed by atoms with Crippen LogP contribution in [0.2, 0.25) is 5.02 Å². The molecule has 10 heteroatoms. The lowest BCUT2D eigenvalue weighted by Gasteiger charge is -2.30. The molecule has 174 valence electrons. The molecule has 8 nitrogen and oxygen atoms in total. The van der Waals surface area contributed by atoms with Gasteiger partial charge in [0.15, 0.2) is 0 Å². The molecular weight excluding hydrogens is 452 g/mol. The molecule has 1 heterocycles. The standard InChI is InChI=1S/C22H29ClN4O4S/c1-3-27(4-2)32(29,30)19-8-6-18(7-9-19)25-22(28)16-24-20-15-17(23)5-10-21(20)26-11-13-31-14-12-26/h5-10,15,24H,3-4,11-14,16H2,1-2H3,(H,25,28). The summed E-state index contributed by atoms with van der Waals surface area (Å²) in [5, 5.41) is 6.52. The van der Waals surface area contributed by atoms with Crippen molar-refractivity contribution < 1.29 is 17.9 Å². The number of hydrogen-bond donors (Lipinski definition) is 2. The van der Waals surface area contributed by atoms with Crippen LogP contribution in [-0.4, -0.2) is 64.6 Å². The summed E-state index contributed by atoms with van der Waals surface area (Å²) in [5.74, 6) is -0.253. The maximum absolute atomic E-state index is 12.6. The third-order valence-corrected chi connectivity index (χ3v) is 7.53. The lowest BCUT2D eigenvalue weighted by molar-refractivity contribution is -0.114. The van der Waals surface area contributed by atoms with Crippen molar-refractivity contribution in [3.63, 3.8) is 0 Å². The molecule has 2 aromatic rings. The third-order valence-electron chi connectivity index (χ3n) is 5.23. The minimum Gasteiger partial charge on any atom is -0.378 e. The number of ether oxygens (including phenoxy) is 1. The summed E-state index contributed by atoms with van der Waals surface area (Å²) >= 11 is 6.16. The highest BCUT2D eigenvalue weighted by Gasteiger charge is 2.21. The molecule has 0 aromatic heterocycles. The van der Waals surface area contributed by atoms with E-state index in [1.807, 2.05) is 12.1 Å². The van der Waals surface area contributed by atoms with Crippen molar-refractivity contribution in [1.82, 2.24) is 4.31 Å². The van der Waals surface area contributed by atoms with Crippen LogP contribution in [0.3, 0.4) is 0 Å². The van der Waals surface area contributed by atoms with Crippen LogP contribution in [0.15, 0.2) is 47.4 Å². The number of morpholine rings is 1. The number of benzene rings is 2. The second kappa shape index (κ2) is 11.0. The molecular formula is C22H29ClN4O4S. The molecule has 1 fully saturated rings. The van der Waals surface area contributed by atoms with E-state index in [-0.39, 0.29) is 17.3 Å². The van der Waals surface area contributed by atoms with Gasteiger partial charge in [0.2, 0.25) is 15.9 Å². The Balaban J connectivity index is 1.63. The van der Waals surface area contributed by atoms with Gasteiger partial charge >= 0.3 is 0 Å². The SMILES string of the molecule is CCN(CC)S(=O)(=O)c1ccc(NC(=O)CNc2cc(Cl)ccc2N2CCOCC2)cc1. The first-order valence-electron chi connectivity index (χ1n) is 10.6. The van der Waals surface area contributed by atoms with Crippen molar-refractivity contribution in [3.05, 3.63) is 47.5 Å². The van der Waals surface area contributed by atoms with E-state index in [9.17, 15) is 13.2 Å². The molecule has 0 saturated carbocycles. The first-order valence-corrected chi connectivity index (χ1v) is 12.4. The van der Waals surface area contributed by atoms with E-state index in [0.29, 0.717) is 37.0 Å². The van der Waals surface area contributed by atoms with Crippen LogP contribution in [0, 0.1) is 0 Å². The van der Waals surface area contributed by atoms with Gasteiger partial charge in [0, 0.05) is 36.9 Å². The summed E-state index contributed by atoms with van der Waals surface area (Å²) in [6.45, 7) is 7.29. The quantitative estimate of drug-likeness (QED) is 0.572. The summed E-state index contributed by atoms with van der Waals surface area (Å²) in [7, 11) is -3.53. The summed E-state index contributed by atoms with van der Waals surface area (Å²) in [6.07, 6.45) is 0. The zero-order valence-electron chi connectivity index (χ0n) is 18.3. The molecule has 1 amide bonds. The van der Waals surface area contributed by atoms with Crippen LogP contribution in [0.5, 0.6) is 0 Å². The summed E-state index contributed by atoms with van der Waals surface area (Å²) in [6, 6.07) is 11.7. The predicted molar refractivity (Wildman–Crippen MR) is 128 cm³/mol. The molecule has 0 unspecified atom stereocenters. The third kappa shape index (κ3) is 5.92. The van der Waals surface area contributed by atoms with Crippen molar-refractivity contribution in [2.24, 2.45) is 0 Å². The predicted octanol–water partition coefficient (Wildman–Crippen LogP) is 3.26. The summed E-state index contributed by atoms with van der Waals surface area (Å²) in [5.41, 5.74) is 2.27. The maximum Gasteiger partial charge on any atom is 0.243 e. The number of halogens is 1. The van der Waals surface area contributed by atoms with Crippen LogP contribution in [0.4, 0.5) is 17.1 Å². The number of anilines is 3. The fourth-order valence-corrected chi connectivity index (χ4v) is 5.16. The van der Waals surface area contributed by atoms with Crippen molar-refractivity contribution in [2.75, 3.05) is 61.5 Å². The van der Waals surface area contributed by atoms with E-state index in [1.165, 1.54) is 16.4 Å². The second-order valence-electron chi connectivity index (χ2n) is 7.28. The van der Waals surface area contributed by atoms with E-state index >= 15 is 0 Å². The molecule has 0 aliphatic carbocycles. The molecule has 1 aliphatic heterocycles.